The van der Waals surface area contributed by atoms with E-state index in [4.69, 9.17) is 23.2 Å². The lowest BCUT2D eigenvalue weighted by molar-refractivity contribution is 0.897. The Bertz CT molecular complexity index is 542. The maximum Gasteiger partial charge on any atom is 0.223 e. The van der Waals surface area contributed by atoms with Gasteiger partial charge in [-0.3, -0.25) is 0 Å². The van der Waals surface area contributed by atoms with E-state index >= 15 is 0 Å². The van der Waals surface area contributed by atoms with Gasteiger partial charge in [0.2, 0.25) is 5.28 Å². The van der Waals surface area contributed by atoms with Crippen LogP contribution in [-0.4, -0.2) is 19.9 Å². The molecular weight excluding hydrogens is 279 g/mol. The predicted molar refractivity (Wildman–Crippen MR) is 67.7 cm³/mol. The molecule has 0 bridgehead atoms. The van der Waals surface area contributed by atoms with Gasteiger partial charge in [-0.15, -0.1) is 0 Å². The van der Waals surface area contributed by atoms with E-state index in [2.05, 4.69) is 19.9 Å². The van der Waals surface area contributed by atoms with Gasteiger partial charge in [0.15, 0.2) is 5.16 Å². The van der Waals surface area contributed by atoms with Crippen LogP contribution in [0.1, 0.15) is 11.4 Å². The molecule has 2 aromatic heterocycles. The predicted octanol–water partition coefficient (Wildman–Crippen LogP) is 3.34. The van der Waals surface area contributed by atoms with Gasteiger partial charge in [-0.05, 0) is 43.3 Å². The van der Waals surface area contributed by atoms with E-state index in [1.54, 1.807) is 0 Å². The van der Waals surface area contributed by atoms with Crippen molar-refractivity contribution >= 4 is 35.0 Å². The van der Waals surface area contributed by atoms with E-state index in [9.17, 15) is 0 Å². The summed E-state index contributed by atoms with van der Waals surface area (Å²) in [5.74, 6) is 0. The fourth-order valence-corrected chi connectivity index (χ4v) is 2.45. The summed E-state index contributed by atoms with van der Waals surface area (Å²) in [5, 5.41) is 1.74. The highest BCUT2D eigenvalue weighted by Gasteiger charge is 2.09. The molecule has 0 atom stereocenters. The first-order valence-corrected chi connectivity index (χ1v) is 6.30. The maximum atomic E-state index is 5.97. The lowest BCUT2D eigenvalue weighted by atomic mass is 10.4. The Hall–Kier alpha value is -0.910. The Morgan fingerprint density at radius 1 is 1.06 bits per heavy atom. The molecule has 0 amide bonds. The van der Waals surface area contributed by atoms with E-state index < -0.39 is 0 Å². The van der Waals surface area contributed by atoms with Gasteiger partial charge in [0.25, 0.3) is 0 Å². The van der Waals surface area contributed by atoms with Crippen molar-refractivity contribution in [1.82, 2.24) is 19.9 Å². The SMILES string of the molecule is Cc1cc(C)nc(Sc2nc(Cl)ncc2Cl)n1. The van der Waals surface area contributed by atoms with Gasteiger partial charge in [-0.2, -0.15) is 0 Å². The first kappa shape index (κ1) is 12.5. The van der Waals surface area contributed by atoms with Gasteiger partial charge in [0, 0.05) is 11.4 Å². The van der Waals surface area contributed by atoms with Crippen molar-refractivity contribution < 1.29 is 0 Å². The summed E-state index contributed by atoms with van der Waals surface area (Å²) in [6.45, 7) is 3.82. The van der Waals surface area contributed by atoms with Crippen LogP contribution in [0.4, 0.5) is 0 Å². The van der Waals surface area contributed by atoms with E-state index in [-0.39, 0.29) is 5.28 Å². The molecule has 4 nitrogen and oxygen atoms in total. The Kier molecular flexibility index (Phi) is 3.81. The summed E-state index contributed by atoms with van der Waals surface area (Å²) in [6.07, 6.45) is 1.46. The highest BCUT2D eigenvalue weighted by Crippen LogP contribution is 2.29. The average molecular weight is 287 g/mol. The number of hydrogen-bond acceptors (Lipinski definition) is 5. The smallest absolute Gasteiger partial charge is 0.223 e. The van der Waals surface area contributed by atoms with Crippen LogP contribution in [0, 0.1) is 13.8 Å². The Morgan fingerprint density at radius 2 is 1.71 bits per heavy atom. The third-order valence-corrected chi connectivity index (χ3v) is 3.27. The number of nitrogens with zero attached hydrogens (tertiary/aromatic N) is 4. The zero-order valence-electron chi connectivity index (χ0n) is 9.11. The molecule has 0 aliphatic heterocycles. The number of rotatable bonds is 2. The second kappa shape index (κ2) is 5.16. The van der Waals surface area contributed by atoms with Crippen molar-refractivity contribution in [2.75, 3.05) is 0 Å². The van der Waals surface area contributed by atoms with Gasteiger partial charge in [0.1, 0.15) is 5.03 Å². The van der Waals surface area contributed by atoms with E-state index in [0.717, 1.165) is 11.4 Å². The van der Waals surface area contributed by atoms with Crippen LogP contribution in [0.3, 0.4) is 0 Å². The summed E-state index contributed by atoms with van der Waals surface area (Å²) in [4.78, 5) is 16.4. The number of aryl methyl sites for hydroxylation is 2. The van der Waals surface area contributed by atoms with E-state index in [1.165, 1.54) is 18.0 Å². The average Bonchev–Trinajstić information content (AvgIpc) is 2.22. The summed E-state index contributed by atoms with van der Waals surface area (Å²) in [7, 11) is 0. The molecule has 0 saturated heterocycles. The molecule has 0 spiro atoms. The normalized spacial score (nSPS) is 10.6. The fraction of sp³-hybridized carbons (Fsp3) is 0.200. The largest absolute Gasteiger partial charge is 0.228 e. The molecule has 0 fully saturated rings. The minimum Gasteiger partial charge on any atom is -0.228 e. The Balaban J connectivity index is 2.34. The molecule has 17 heavy (non-hydrogen) atoms. The highest BCUT2D eigenvalue weighted by atomic mass is 35.5. The van der Waals surface area contributed by atoms with Crippen molar-refractivity contribution in [3.63, 3.8) is 0 Å². The molecule has 7 heteroatoms. The number of aromatic nitrogens is 4. The standard InChI is InChI=1S/C10H8Cl2N4S/c1-5-3-6(2)15-10(14-5)17-8-7(11)4-13-9(12)16-8/h3-4H,1-2H3. The molecule has 2 rings (SSSR count). The lowest BCUT2D eigenvalue weighted by Crippen LogP contribution is -1.94. The van der Waals surface area contributed by atoms with Crippen LogP contribution in [0.2, 0.25) is 10.3 Å². The Morgan fingerprint density at radius 3 is 2.35 bits per heavy atom. The second-order valence-electron chi connectivity index (χ2n) is 3.33. The topological polar surface area (TPSA) is 51.6 Å². The first-order valence-electron chi connectivity index (χ1n) is 4.73. The first-order chi connectivity index (χ1) is 8.04. The molecule has 88 valence electrons. The van der Waals surface area contributed by atoms with Gasteiger partial charge in [0.05, 0.1) is 11.2 Å². The minimum absolute atomic E-state index is 0.154. The molecule has 0 aliphatic rings. The van der Waals surface area contributed by atoms with Crippen molar-refractivity contribution in [2.24, 2.45) is 0 Å². The quantitative estimate of drug-likeness (QED) is 0.626. The van der Waals surface area contributed by atoms with Crippen molar-refractivity contribution in [3.05, 3.63) is 34.0 Å². The van der Waals surface area contributed by atoms with Crippen LogP contribution in [0.15, 0.2) is 22.4 Å². The van der Waals surface area contributed by atoms with Crippen LogP contribution in [-0.2, 0) is 0 Å². The molecule has 0 unspecified atom stereocenters. The van der Waals surface area contributed by atoms with Gasteiger partial charge >= 0.3 is 0 Å². The summed E-state index contributed by atoms with van der Waals surface area (Å²) >= 11 is 12.9. The Labute approximate surface area is 113 Å². The molecule has 0 radical (unpaired) electrons. The third kappa shape index (κ3) is 3.28. The molecule has 2 heterocycles. The summed E-state index contributed by atoms with van der Waals surface area (Å²) < 4.78 is 0. The van der Waals surface area contributed by atoms with Crippen LogP contribution in [0.25, 0.3) is 0 Å². The van der Waals surface area contributed by atoms with Gasteiger partial charge < -0.3 is 0 Å². The van der Waals surface area contributed by atoms with Crippen LogP contribution >= 0.6 is 35.0 Å². The highest BCUT2D eigenvalue weighted by molar-refractivity contribution is 7.99. The molecule has 0 aliphatic carbocycles. The third-order valence-electron chi connectivity index (χ3n) is 1.83. The van der Waals surface area contributed by atoms with E-state index in [0.29, 0.717) is 15.2 Å². The summed E-state index contributed by atoms with van der Waals surface area (Å²) in [6, 6.07) is 1.90. The zero-order chi connectivity index (χ0) is 12.4. The van der Waals surface area contributed by atoms with Crippen LogP contribution in [0.5, 0.6) is 0 Å². The van der Waals surface area contributed by atoms with E-state index in [1.807, 2.05) is 19.9 Å². The fourth-order valence-electron chi connectivity index (χ4n) is 1.23. The van der Waals surface area contributed by atoms with Crippen LogP contribution < -0.4 is 0 Å². The van der Waals surface area contributed by atoms with Crippen molar-refractivity contribution in [2.45, 2.75) is 24.0 Å². The van der Waals surface area contributed by atoms with Crippen molar-refractivity contribution in [1.29, 1.82) is 0 Å². The maximum absolute atomic E-state index is 5.97. The van der Waals surface area contributed by atoms with Crippen molar-refractivity contribution in [3.8, 4) is 0 Å². The number of halogens is 2. The van der Waals surface area contributed by atoms with Gasteiger partial charge in [-0.1, -0.05) is 11.6 Å². The molecule has 0 N–H and O–H groups in total. The lowest BCUT2D eigenvalue weighted by Gasteiger charge is -2.03. The molecule has 2 aromatic rings. The summed E-state index contributed by atoms with van der Waals surface area (Å²) in [5.41, 5.74) is 1.80. The molecule has 0 saturated carbocycles. The second-order valence-corrected chi connectivity index (χ2v) is 5.03. The number of hydrogen-bond donors (Lipinski definition) is 0. The molecular formula is C10H8Cl2N4S. The minimum atomic E-state index is 0.154. The van der Waals surface area contributed by atoms with Gasteiger partial charge in [-0.25, -0.2) is 19.9 Å². The monoisotopic (exact) mass is 286 g/mol. The zero-order valence-corrected chi connectivity index (χ0v) is 11.4. The molecule has 0 aromatic carbocycles.